The number of hydrogen-bond acceptors (Lipinski definition) is 2. The summed E-state index contributed by atoms with van der Waals surface area (Å²) in [6, 6.07) is 10.7. The molecule has 0 saturated heterocycles. The van der Waals surface area contributed by atoms with Gasteiger partial charge in [-0.15, -0.1) is 0 Å². The topological polar surface area (TPSA) is 35.2 Å². The molecule has 2 nitrogen and oxygen atoms in total. The first-order chi connectivity index (χ1) is 8.09. The SMILES string of the molecule is Cc1c(Cl)ccc(Oc2ccccc2N)c1Cl. The van der Waals surface area contributed by atoms with Gasteiger partial charge in [0, 0.05) is 5.02 Å². The predicted octanol–water partition coefficient (Wildman–Crippen LogP) is 4.68. The van der Waals surface area contributed by atoms with Gasteiger partial charge in [0.05, 0.1) is 10.7 Å². The van der Waals surface area contributed by atoms with Crippen LogP contribution in [0, 0.1) is 6.92 Å². The molecular weight excluding hydrogens is 257 g/mol. The smallest absolute Gasteiger partial charge is 0.150 e. The van der Waals surface area contributed by atoms with Crippen LogP contribution in [0.5, 0.6) is 11.5 Å². The van der Waals surface area contributed by atoms with Gasteiger partial charge in [-0.2, -0.15) is 0 Å². The Kier molecular flexibility index (Phi) is 3.46. The highest BCUT2D eigenvalue weighted by atomic mass is 35.5. The lowest BCUT2D eigenvalue weighted by Crippen LogP contribution is -1.92. The number of anilines is 1. The monoisotopic (exact) mass is 267 g/mol. The summed E-state index contributed by atoms with van der Waals surface area (Å²) >= 11 is 12.1. The average Bonchev–Trinajstić information content (AvgIpc) is 2.32. The molecule has 2 aromatic carbocycles. The van der Waals surface area contributed by atoms with Crippen LogP contribution in [-0.4, -0.2) is 0 Å². The maximum atomic E-state index is 6.15. The Bertz CT molecular complexity index is 555. The molecule has 88 valence electrons. The Morgan fingerprint density at radius 2 is 1.71 bits per heavy atom. The maximum absolute atomic E-state index is 6.15. The van der Waals surface area contributed by atoms with Gasteiger partial charge in [-0.3, -0.25) is 0 Å². The van der Waals surface area contributed by atoms with E-state index in [4.69, 9.17) is 33.7 Å². The molecule has 0 radical (unpaired) electrons. The van der Waals surface area contributed by atoms with E-state index in [1.165, 1.54) is 0 Å². The molecule has 0 aliphatic carbocycles. The highest BCUT2D eigenvalue weighted by molar-refractivity contribution is 6.36. The van der Waals surface area contributed by atoms with Crippen LogP contribution >= 0.6 is 23.2 Å². The summed E-state index contributed by atoms with van der Waals surface area (Å²) in [5.41, 5.74) is 7.15. The van der Waals surface area contributed by atoms with Crippen LogP contribution in [0.1, 0.15) is 5.56 Å². The molecule has 0 saturated carbocycles. The molecule has 0 atom stereocenters. The van der Waals surface area contributed by atoms with Gasteiger partial charge in [0.2, 0.25) is 0 Å². The third-order valence-corrected chi connectivity index (χ3v) is 3.30. The van der Waals surface area contributed by atoms with Crippen molar-refractivity contribution in [1.82, 2.24) is 0 Å². The van der Waals surface area contributed by atoms with Crippen molar-refractivity contribution in [3.05, 3.63) is 52.0 Å². The summed E-state index contributed by atoms with van der Waals surface area (Å²) in [4.78, 5) is 0. The lowest BCUT2D eigenvalue weighted by atomic mass is 10.2. The lowest BCUT2D eigenvalue weighted by molar-refractivity contribution is 0.485. The lowest BCUT2D eigenvalue weighted by Gasteiger charge is -2.11. The van der Waals surface area contributed by atoms with Crippen LogP contribution in [0.2, 0.25) is 10.0 Å². The molecule has 2 aromatic rings. The Morgan fingerprint density at radius 3 is 2.41 bits per heavy atom. The largest absolute Gasteiger partial charge is 0.454 e. The van der Waals surface area contributed by atoms with Crippen LogP contribution in [-0.2, 0) is 0 Å². The number of para-hydroxylation sites is 2. The first-order valence-corrected chi connectivity index (χ1v) is 5.82. The molecule has 0 aromatic heterocycles. The molecule has 2 rings (SSSR count). The van der Waals surface area contributed by atoms with E-state index in [0.717, 1.165) is 5.56 Å². The fourth-order valence-electron chi connectivity index (χ4n) is 1.41. The molecule has 0 aliphatic heterocycles. The van der Waals surface area contributed by atoms with Crippen LogP contribution in [0.15, 0.2) is 36.4 Å². The number of hydrogen-bond donors (Lipinski definition) is 1. The molecular formula is C13H11Cl2NO. The van der Waals surface area contributed by atoms with Gasteiger partial charge < -0.3 is 10.5 Å². The third kappa shape index (κ3) is 2.48. The van der Waals surface area contributed by atoms with Crippen molar-refractivity contribution in [2.24, 2.45) is 0 Å². The van der Waals surface area contributed by atoms with Gasteiger partial charge in [-0.05, 0) is 36.8 Å². The second-order valence-corrected chi connectivity index (χ2v) is 4.41. The summed E-state index contributed by atoms with van der Waals surface area (Å²) in [7, 11) is 0. The van der Waals surface area contributed by atoms with Gasteiger partial charge in [-0.25, -0.2) is 0 Å². The van der Waals surface area contributed by atoms with Gasteiger partial charge in [0.1, 0.15) is 11.5 Å². The van der Waals surface area contributed by atoms with E-state index in [1.807, 2.05) is 19.1 Å². The minimum absolute atomic E-state index is 0.501. The molecule has 2 N–H and O–H groups in total. The Morgan fingerprint density at radius 1 is 1.00 bits per heavy atom. The van der Waals surface area contributed by atoms with Crippen molar-refractivity contribution in [2.45, 2.75) is 6.92 Å². The molecule has 4 heteroatoms. The second kappa shape index (κ2) is 4.86. The molecule has 0 spiro atoms. The van der Waals surface area contributed by atoms with Crippen molar-refractivity contribution in [3.8, 4) is 11.5 Å². The molecule has 0 unspecified atom stereocenters. The van der Waals surface area contributed by atoms with Crippen LogP contribution < -0.4 is 10.5 Å². The quantitative estimate of drug-likeness (QED) is 0.803. The number of nitrogens with two attached hydrogens (primary N) is 1. The summed E-state index contributed by atoms with van der Waals surface area (Å²) in [6.45, 7) is 1.84. The van der Waals surface area contributed by atoms with E-state index in [-0.39, 0.29) is 0 Å². The second-order valence-electron chi connectivity index (χ2n) is 3.62. The summed E-state index contributed by atoms with van der Waals surface area (Å²) in [5, 5.41) is 1.11. The Labute approximate surface area is 110 Å². The molecule has 0 amide bonds. The van der Waals surface area contributed by atoms with E-state index in [0.29, 0.717) is 27.2 Å². The zero-order valence-corrected chi connectivity index (χ0v) is 10.7. The normalized spacial score (nSPS) is 10.3. The van der Waals surface area contributed by atoms with E-state index in [1.54, 1.807) is 24.3 Å². The van der Waals surface area contributed by atoms with Crippen LogP contribution in [0.25, 0.3) is 0 Å². The van der Waals surface area contributed by atoms with Crippen molar-refractivity contribution >= 4 is 28.9 Å². The Balaban J connectivity index is 2.38. The van der Waals surface area contributed by atoms with Crippen molar-refractivity contribution < 1.29 is 4.74 Å². The van der Waals surface area contributed by atoms with Crippen LogP contribution in [0.3, 0.4) is 0 Å². The van der Waals surface area contributed by atoms with Crippen molar-refractivity contribution in [3.63, 3.8) is 0 Å². The minimum atomic E-state index is 0.501. The highest BCUT2D eigenvalue weighted by Crippen LogP contribution is 2.36. The Hall–Kier alpha value is -1.38. The molecule has 17 heavy (non-hydrogen) atoms. The van der Waals surface area contributed by atoms with Gasteiger partial charge >= 0.3 is 0 Å². The summed E-state index contributed by atoms with van der Waals surface area (Å²) in [6.07, 6.45) is 0. The standard InChI is InChI=1S/C13H11Cl2NO/c1-8-9(14)6-7-12(13(8)15)17-11-5-3-2-4-10(11)16/h2-7H,16H2,1H3. The predicted molar refractivity (Wildman–Crippen MR) is 72.1 cm³/mol. The van der Waals surface area contributed by atoms with Gasteiger partial charge in [0.25, 0.3) is 0 Å². The summed E-state index contributed by atoms with van der Waals surface area (Å²) in [5.74, 6) is 1.13. The van der Waals surface area contributed by atoms with Gasteiger partial charge in [0.15, 0.2) is 0 Å². The van der Waals surface area contributed by atoms with E-state index in [2.05, 4.69) is 0 Å². The van der Waals surface area contributed by atoms with Crippen molar-refractivity contribution in [2.75, 3.05) is 5.73 Å². The van der Waals surface area contributed by atoms with Crippen LogP contribution in [0.4, 0.5) is 5.69 Å². The highest BCUT2D eigenvalue weighted by Gasteiger charge is 2.09. The number of rotatable bonds is 2. The van der Waals surface area contributed by atoms with E-state index >= 15 is 0 Å². The summed E-state index contributed by atoms with van der Waals surface area (Å²) < 4.78 is 5.66. The zero-order chi connectivity index (χ0) is 12.4. The molecule has 0 aliphatic rings. The zero-order valence-electron chi connectivity index (χ0n) is 9.21. The number of nitrogen functional groups attached to an aromatic ring is 1. The average molecular weight is 268 g/mol. The fraction of sp³-hybridized carbons (Fsp3) is 0.0769. The minimum Gasteiger partial charge on any atom is -0.454 e. The number of benzene rings is 2. The maximum Gasteiger partial charge on any atom is 0.150 e. The van der Waals surface area contributed by atoms with Gasteiger partial charge in [-0.1, -0.05) is 35.3 Å². The fourth-order valence-corrected chi connectivity index (χ4v) is 1.82. The molecule has 0 fully saturated rings. The van der Waals surface area contributed by atoms with E-state index < -0.39 is 0 Å². The molecule has 0 heterocycles. The first-order valence-electron chi connectivity index (χ1n) is 5.06. The number of ether oxygens (including phenoxy) is 1. The van der Waals surface area contributed by atoms with E-state index in [9.17, 15) is 0 Å². The van der Waals surface area contributed by atoms with Crippen molar-refractivity contribution in [1.29, 1.82) is 0 Å². The first kappa shape index (κ1) is 12.1. The number of halogens is 2. The molecule has 0 bridgehead atoms. The third-order valence-electron chi connectivity index (χ3n) is 2.42.